The number of nitrogens with zero attached hydrogens (tertiary/aromatic N) is 4. The zero-order valence-electron chi connectivity index (χ0n) is 20.5. The summed E-state index contributed by atoms with van der Waals surface area (Å²) in [5, 5.41) is 7.84. The molecule has 0 aromatic carbocycles. The summed E-state index contributed by atoms with van der Waals surface area (Å²) in [4.78, 5) is 30.7. The van der Waals surface area contributed by atoms with Crippen molar-refractivity contribution in [3.05, 3.63) is 17.0 Å². The minimum Gasteiger partial charge on any atom is -0.383 e. The fraction of sp³-hybridized carbons (Fsp3) is 0.800. The van der Waals surface area contributed by atoms with Gasteiger partial charge in [0.15, 0.2) is 5.69 Å². The molecule has 1 saturated heterocycles. The van der Waals surface area contributed by atoms with Crippen molar-refractivity contribution in [2.24, 2.45) is 5.92 Å². The summed E-state index contributed by atoms with van der Waals surface area (Å²) in [7, 11) is 1.68. The second-order valence-corrected chi connectivity index (χ2v) is 9.90. The highest BCUT2D eigenvalue weighted by atomic mass is 16.5. The zero-order chi connectivity index (χ0) is 23.2. The minimum atomic E-state index is -0.119. The molecule has 4 rings (SSSR count). The molecule has 8 nitrogen and oxygen atoms in total. The van der Waals surface area contributed by atoms with Crippen LogP contribution in [-0.2, 0) is 29.0 Å². The molecule has 33 heavy (non-hydrogen) atoms. The number of methoxy groups -OCH3 is 1. The van der Waals surface area contributed by atoms with Gasteiger partial charge in [0.05, 0.1) is 13.2 Å². The third-order valence-electron chi connectivity index (χ3n) is 7.80. The molecular formula is C25H41N5O3. The molecule has 1 atom stereocenters. The van der Waals surface area contributed by atoms with Gasteiger partial charge in [0.25, 0.3) is 5.91 Å². The lowest BCUT2D eigenvalue weighted by Gasteiger charge is -2.30. The van der Waals surface area contributed by atoms with Crippen molar-refractivity contribution in [2.45, 2.75) is 83.8 Å². The Hall–Kier alpha value is -1.93. The van der Waals surface area contributed by atoms with Crippen LogP contribution >= 0.6 is 0 Å². The molecule has 2 amide bonds. The SMILES string of the molecule is CCN1CCCC1CNC(=O)c1nn(CCOC)c2c1CN(C(=O)CC1CCCCC1)CC2. The number of rotatable bonds is 9. The molecule has 3 aliphatic rings. The standard InChI is InChI=1S/C25H41N5O3/c1-3-28-12-7-10-20(28)17-26-25(32)24-21-18-29(23(31)16-19-8-5-4-6-9-19)13-11-22(21)30(27-24)14-15-33-2/h19-20H,3-18H2,1-2H3,(H,26,32). The van der Waals surface area contributed by atoms with Crippen LogP contribution in [-0.4, -0.2) is 77.3 Å². The molecule has 2 fully saturated rings. The van der Waals surface area contributed by atoms with Crippen molar-refractivity contribution in [2.75, 3.05) is 39.9 Å². The first-order valence-electron chi connectivity index (χ1n) is 13.0. The van der Waals surface area contributed by atoms with Crippen molar-refractivity contribution < 1.29 is 14.3 Å². The van der Waals surface area contributed by atoms with E-state index in [1.165, 1.54) is 38.5 Å². The average molecular weight is 460 g/mol. The Balaban J connectivity index is 1.45. The van der Waals surface area contributed by atoms with E-state index in [2.05, 4.69) is 17.1 Å². The number of carbonyl (C=O) groups is 2. The molecule has 1 aliphatic carbocycles. The second-order valence-electron chi connectivity index (χ2n) is 9.90. The minimum absolute atomic E-state index is 0.119. The number of hydrogen-bond acceptors (Lipinski definition) is 5. The maximum atomic E-state index is 13.2. The molecule has 3 heterocycles. The normalized spacial score (nSPS) is 21.9. The molecule has 1 aromatic heterocycles. The number of likely N-dealkylation sites (N-methyl/N-ethyl adjacent to an activating group) is 1. The monoisotopic (exact) mass is 459 g/mol. The van der Waals surface area contributed by atoms with Crippen LogP contribution in [0.1, 0.15) is 80.0 Å². The molecule has 1 unspecified atom stereocenters. The fourth-order valence-electron chi connectivity index (χ4n) is 5.85. The Bertz CT molecular complexity index is 817. The molecule has 0 bridgehead atoms. The lowest BCUT2D eigenvalue weighted by Crippen LogP contribution is -2.41. The fourth-order valence-corrected chi connectivity index (χ4v) is 5.85. The topological polar surface area (TPSA) is 79.7 Å². The van der Waals surface area contributed by atoms with Crippen LogP contribution in [0.2, 0.25) is 0 Å². The number of likely N-dealkylation sites (tertiary alicyclic amines) is 1. The molecule has 0 radical (unpaired) electrons. The van der Waals surface area contributed by atoms with Gasteiger partial charge in [-0.25, -0.2) is 0 Å². The second kappa shape index (κ2) is 11.5. The van der Waals surface area contributed by atoms with Crippen LogP contribution < -0.4 is 5.32 Å². The maximum absolute atomic E-state index is 13.2. The Morgan fingerprint density at radius 1 is 1.12 bits per heavy atom. The van der Waals surface area contributed by atoms with Gasteiger partial charge in [0, 0.05) is 56.9 Å². The van der Waals surface area contributed by atoms with E-state index in [0.29, 0.717) is 56.9 Å². The maximum Gasteiger partial charge on any atom is 0.272 e. The summed E-state index contributed by atoms with van der Waals surface area (Å²) in [5.41, 5.74) is 2.48. The predicted molar refractivity (Wildman–Crippen MR) is 127 cm³/mol. The average Bonchev–Trinajstić information content (AvgIpc) is 3.45. The lowest BCUT2D eigenvalue weighted by molar-refractivity contribution is -0.133. The van der Waals surface area contributed by atoms with Gasteiger partial charge in [-0.2, -0.15) is 5.10 Å². The predicted octanol–water partition coefficient (Wildman–Crippen LogP) is 2.60. The Labute approximate surface area is 198 Å². The third-order valence-corrected chi connectivity index (χ3v) is 7.80. The highest BCUT2D eigenvalue weighted by molar-refractivity contribution is 5.94. The van der Waals surface area contributed by atoms with Crippen molar-refractivity contribution in [3.8, 4) is 0 Å². The van der Waals surface area contributed by atoms with Crippen molar-refractivity contribution in [3.63, 3.8) is 0 Å². The van der Waals surface area contributed by atoms with Gasteiger partial charge in [-0.3, -0.25) is 19.2 Å². The summed E-state index contributed by atoms with van der Waals surface area (Å²) in [5.74, 6) is 0.632. The molecule has 2 aliphatic heterocycles. The molecule has 0 spiro atoms. The smallest absolute Gasteiger partial charge is 0.272 e. The number of amides is 2. The van der Waals surface area contributed by atoms with E-state index in [4.69, 9.17) is 9.84 Å². The number of ether oxygens (including phenoxy) is 1. The summed E-state index contributed by atoms with van der Waals surface area (Å²) < 4.78 is 7.18. The number of nitrogens with one attached hydrogen (secondary N) is 1. The van der Waals surface area contributed by atoms with Crippen molar-refractivity contribution in [1.82, 2.24) is 24.9 Å². The van der Waals surface area contributed by atoms with E-state index in [0.717, 1.165) is 37.2 Å². The van der Waals surface area contributed by atoms with Crippen LogP contribution in [0.3, 0.4) is 0 Å². The number of hydrogen-bond donors (Lipinski definition) is 1. The zero-order valence-corrected chi connectivity index (χ0v) is 20.5. The molecule has 8 heteroatoms. The van der Waals surface area contributed by atoms with Gasteiger partial charge in [-0.05, 0) is 44.7 Å². The first-order chi connectivity index (χ1) is 16.1. The molecule has 1 aromatic rings. The van der Waals surface area contributed by atoms with E-state index in [1.807, 2.05) is 9.58 Å². The highest BCUT2D eigenvalue weighted by Crippen LogP contribution is 2.29. The van der Waals surface area contributed by atoms with Crippen LogP contribution in [0, 0.1) is 5.92 Å². The van der Waals surface area contributed by atoms with Gasteiger partial charge in [0.2, 0.25) is 5.91 Å². The van der Waals surface area contributed by atoms with Crippen molar-refractivity contribution >= 4 is 11.8 Å². The van der Waals surface area contributed by atoms with E-state index < -0.39 is 0 Å². The van der Waals surface area contributed by atoms with Gasteiger partial charge >= 0.3 is 0 Å². The third kappa shape index (κ3) is 5.77. The van der Waals surface area contributed by atoms with Crippen LogP contribution in [0.15, 0.2) is 0 Å². The largest absolute Gasteiger partial charge is 0.383 e. The van der Waals surface area contributed by atoms with E-state index in [9.17, 15) is 9.59 Å². The first-order valence-corrected chi connectivity index (χ1v) is 13.0. The Morgan fingerprint density at radius 3 is 2.70 bits per heavy atom. The summed E-state index contributed by atoms with van der Waals surface area (Å²) >= 11 is 0. The quantitative estimate of drug-likeness (QED) is 0.614. The molecule has 1 N–H and O–H groups in total. The van der Waals surface area contributed by atoms with Crippen molar-refractivity contribution in [1.29, 1.82) is 0 Å². The highest BCUT2D eigenvalue weighted by Gasteiger charge is 2.32. The Morgan fingerprint density at radius 2 is 1.94 bits per heavy atom. The first kappa shape index (κ1) is 24.2. The van der Waals surface area contributed by atoms with E-state index >= 15 is 0 Å². The summed E-state index contributed by atoms with van der Waals surface area (Å²) in [6, 6.07) is 0.402. The molecular weight excluding hydrogens is 418 g/mol. The summed E-state index contributed by atoms with van der Waals surface area (Å²) in [6.07, 6.45) is 9.82. The van der Waals surface area contributed by atoms with Gasteiger partial charge < -0.3 is 15.0 Å². The summed E-state index contributed by atoms with van der Waals surface area (Å²) in [6.45, 7) is 7.30. The molecule has 1 saturated carbocycles. The lowest BCUT2D eigenvalue weighted by atomic mass is 9.86. The Kier molecular flexibility index (Phi) is 8.41. The van der Waals surface area contributed by atoms with Gasteiger partial charge in [-0.1, -0.05) is 26.2 Å². The van der Waals surface area contributed by atoms with Gasteiger partial charge in [-0.15, -0.1) is 0 Å². The van der Waals surface area contributed by atoms with Gasteiger partial charge in [0.1, 0.15) is 0 Å². The number of fused-ring (bicyclic) bond motifs is 1. The van der Waals surface area contributed by atoms with Crippen LogP contribution in [0.4, 0.5) is 0 Å². The van der Waals surface area contributed by atoms with Crippen LogP contribution in [0.25, 0.3) is 0 Å². The van der Waals surface area contributed by atoms with E-state index in [-0.39, 0.29) is 11.8 Å². The number of carbonyl (C=O) groups excluding carboxylic acids is 2. The van der Waals surface area contributed by atoms with Crippen LogP contribution in [0.5, 0.6) is 0 Å². The van der Waals surface area contributed by atoms with E-state index in [1.54, 1.807) is 7.11 Å². The molecule has 184 valence electrons. The number of aromatic nitrogens is 2.